The zero-order chi connectivity index (χ0) is 17.9. The molecule has 1 saturated heterocycles. The number of methoxy groups -OCH3 is 1. The van der Waals surface area contributed by atoms with E-state index in [-0.39, 0.29) is 0 Å². The first-order valence-electron chi connectivity index (χ1n) is 9.01. The number of likely N-dealkylation sites (N-methyl/N-ethyl adjacent to an activating group) is 1. The lowest BCUT2D eigenvalue weighted by molar-refractivity contribution is -0.884. The number of nitrogens with one attached hydrogen (secondary N) is 1. The zero-order valence-corrected chi connectivity index (χ0v) is 15.2. The average molecular weight is 350 g/mol. The van der Waals surface area contributed by atoms with Crippen molar-refractivity contribution in [1.29, 1.82) is 0 Å². The monoisotopic (exact) mass is 350 g/mol. The Morgan fingerprint density at radius 1 is 1.04 bits per heavy atom. The topological polar surface area (TPSA) is 42.4 Å². The zero-order valence-electron chi connectivity index (χ0n) is 15.2. The molecule has 4 rings (SSSR count). The fourth-order valence-electron chi connectivity index (χ4n) is 3.23. The first kappa shape index (κ1) is 16.7. The molecular formula is C21H24N3O2+. The van der Waals surface area contributed by atoms with E-state index in [1.54, 1.807) is 12.0 Å². The number of para-hydroxylation sites is 1. The van der Waals surface area contributed by atoms with Crippen LogP contribution in [0.3, 0.4) is 0 Å². The maximum atomic E-state index is 6.14. The van der Waals surface area contributed by atoms with E-state index in [9.17, 15) is 0 Å². The van der Waals surface area contributed by atoms with Crippen molar-refractivity contribution in [3.63, 3.8) is 0 Å². The van der Waals surface area contributed by atoms with Gasteiger partial charge in [-0.25, -0.2) is 0 Å². The van der Waals surface area contributed by atoms with Crippen LogP contribution in [0, 0.1) is 0 Å². The van der Waals surface area contributed by atoms with E-state index in [0.29, 0.717) is 0 Å². The van der Waals surface area contributed by atoms with E-state index in [1.807, 2.05) is 48.5 Å². The van der Waals surface area contributed by atoms with Gasteiger partial charge >= 0.3 is 0 Å². The van der Waals surface area contributed by atoms with Crippen molar-refractivity contribution >= 4 is 11.0 Å². The third-order valence-corrected chi connectivity index (χ3v) is 4.87. The molecule has 1 N–H and O–H groups in total. The van der Waals surface area contributed by atoms with Crippen molar-refractivity contribution < 1.29 is 14.1 Å². The number of piperazine rings is 1. The molecule has 0 aliphatic carbocycles. The van der Waals surface area contributed by atoms with Crippen LogP contribution in [-0.2, 0) is 0 Å². The summed E-state index contributed by atoms with van der Waals surface area (Å²) in [5.74, 6) is 1.64. The standard InChI is InChI=1S/C21H23N3O2/c1-23-11-13-24(14-12-23)22-19-15-21(16-7-9-17(25-2)10-8-16)26-20-6-4-3-5-18(19)20/h3-10,15H,11-14H2,1-2H3/p+1. The van der Waals surface area contributed by atoms with Gasteiger partial charge < -0.3 is 14.1 Å². The van der Waals surface area contributed by atoms with Gasteiger partial charge in [0, 0.05) is 17.0 Å². The molecule has 0 radical (unpaired) electrons. The van der Waals surface area contributed by atoms with E-state index in [4.69, 9.17) is 14.3 Å². The van der Waals surface area contributed by atoms with Gasteiger partial charge in [-0.05, 0) is 36.4 Å². The van der Waals surface area contributed by atoms with Crippen molar-refractivity contribution in [2.45, 2.75) is 0 Å². The Morgan fingerprint density at radius 3 is 2.50 bits per heavy atom. The van der Waals surface area contributed by atoms with Crippen LogP contribution in [-0.4, -0.2) is 45.3 Å². The highest BCUT2D eigenvalue weighted by Crippen LogP contribution is 2.24. The number of rotatable bonds is 3. The molecule has 1 aliphatic rings. The Morgan fingerprint density at radius 2 is 1.77 bits per heavy atom. The number of benzene rings is 2. The van der Waals surface area contributed by atoms with Gasteiger partial charge in [0.25, 0.3) is 0 Å². The first-order chi connectivity index (χ1) is 12.7. The molecule has 0 amide bonds. The maximum absolute atomic E-state index is 6.14. The van der Waals surface area contributed by atoms with Crippen molar-refractivity contribution in [3.05, 3.63) is 60.0 Å². The van der Waals surface area contributed by atoms with Gasteiger partial charge in [0.15, 0.2) is 0 Å². The molecule has 1 fully saturated rings. The molecule has 26 heavy (non-hydrogen) atoms. The highest BCUT2D eigenvalue weighted by Gasteiger charge is 2.15. The van der Waals surface area contributed by atoms with Crippen LogP contribution in [0.5, 0.6) is 5.75 Å². The Bertz CT molecular complexity index is 955. The van der Waals surface area contributed by atoms with Gasteiger partial charge in [-0.2, -0.15) is 5.10 Å². The van der Waals surface area contributed by atoms with Gasteiger partial charge in [-0.3, -0.25) is 5.01 Å². The molecule has 0 bridgehead atoms. The molecule has 1 aliphatic heterocycles. The molecule has 134 valence electrons. The minimum atomic E-state index is 0.810. The lowest BCUT2D eigenvalue weighted by Crippen LogP contribution is -3.11. The molecule has 0 atom stereocenters. The Balaban J connectivity index is 1.80. The molecule has 0 saturated carbocycles. The average Bonchev–Trinajstić information content (AvgIpc) is 2.69. The molecule has 2 heterocycles. The SMILES string of the molecule is COc1ccc(-c2cc(=NN3CC[NH+](C)CC3)c3ccccc3o2)cc1. The third kappa shape index (κ3) is 3.44. The largest absolute Gasteiger partial charge is 0.497 e. The van der Waals surface area contributed by atoms with Gasteiger partial charge in [0.1, 0.15) is 17.1 Å². The lowest BCUT2D eigenvalue weighted by atomic mass is 10.1. The van der Waals surface area contributed by atoms with Gasteiger partial charge in [0.05, 0.1) is 45.7 Å². The number of hydrogen-bond acceptors (Lipinski definition) is 4. The second-order valence-corrected chi connectivity index (χ2v) is 6.73. The molecule has 1 aromatic heterocycles. The lowest BCUT2D eigenvalue weighted by Gasteiger charge is -2.27. The number of nitrogens with zero attached hydrogens (tertiary/aromatic N) is 2. The van der Waals surface area contributed by atoms with Gasteiger partial charge in [-0.1, -0.05) is 12.1 Å². The fraction of sp³-hybridized carbons (Fsp3) is 0.286. The minimum Gasteiger partial charge on any atom is -0.497 e. The van der Waals surface area contributed by atoms with Crippen molar-refractivity contribution in [2.24, 2.45) is 5.10 Å². The third-order valence-electron chi connectivity index (χ3n) is 4.87. The Labute approximate surface area is 153 Å². The smallest absolute Gasteiger partial charge is 0.136 e. The predicted molar refractivity (Wildman–Crippen MR) is 102 cm³/mol. The summed E-state index contributed by atoms with van der Waals surface area (Å²) < 4.78 is 11.4. The Kier molecular flexibility index (Phi) is 4.63. The van der Waals surface area contributed by atoms with Crippen molar-refractivity contribution in [3.8, 4) is 17.1 Å². The first-order valence-corrected chi connectivity index (χ1v) is 9.01. The predicted octanol–water partition coefficient (Wildman–Crippen LogP) is 1.75. The summed E-state index contributed by atoms with van der Waals surface area (Å²) >= 11 is 0. The highest BCUT2D eigenvalue weighted by molar-refractivity contribution is 5.78. The summed E-state index contributed by atoms with van der Waals surface area (Å²) in [6, 6.07) is 18.0. The van der Waals surface area contributed by atoms with E-state index in [0.717, 1.165) is 59.6 Å². The molecule has 3 aromatic rings. The quantitative estimate of drug-likeness (QED) is 0.783. The van der Waals surface area contributed by atoms with Crippen molar-refractivity contribution in [2.75, 3.05) is 40.3 Å². The van der Waals surface area contributed by atoms with Crippen molar-refractivity contribution in [1.82, 2.24) is 5.01 Å². The molecular weight excluding hydrogens is 326 g/mol. The Hall–Kier alpha value is -2.79. The molecule has 5 nitrogen and oxygen atoms in total. The summed E-state index contributed by atoms with van der Waals surface area (Å²) in [6.07, 6.45) is 0. The van der Waals surface area contributed by atoms with Crippen LogP contribution < -0.4 is 15.0 Å². The van der Waals surface area contributed by atoms with Crippen LogP contribution in [0.2, 0.25) is 0 Å². The fourth-order valence-corrected chi connectivity index (χ4v) is 3.23. The van der Waals surface area contributed by atoms with Crippen LogP contribution in [0.4, 0.5) is 0 Å². The molecule has 0 unspecified atom stereocenters. The maximum Gasteiger partial charge on any atom is 0.136 e. The van der Waals surface area contributed by atoms with Crippen LogP contribution in [0.15, 0.2) is 64.1 Å². The summed E-state index contributed by atoms with van der Waals surface area (Å²) in [5.41, 5.74) is 1.86. The normalized spacial score (nSPS) is 16.2. The van der Waals surface area contributed by atoms with Crippen LogP contribution >= 0.6 is 0 Å². The van der Waals surface area contributed by atoms with Crippen LogP contribution in [0.25, 0.3) is 22.3 Å². The second kappa shape index (κ2) is 7.22. The number of fused-ring (bicyclic) bond motifs is 1. The number of hydrogen-bond donors (Lipinski definition) is 1. The number of quaternary nitrogens is 1. The summed E-state index contributed by atoms with van der Waals surface area (Å²) in [6.45, 7) is 4.18. The molecule has 0 spiro atoms. The molecule has 5 heteroatoms. The summed E-state index contributed by atoms with van der Waals surface area (Å²) in [7, 11) is 3.90. The summed E-state index contributed by atoms with van der Waals surface area (Å²) in [4.78, 5) is 1.56. The highest BCUT2D eigenvalue weighted by atomic mass is 16.5. The number of ether oxygens (including phenoxy) is 1. The van der Waals surface area contributed by atoms with E-state index < -0.39 is 0 Å². The van der Waals surface area contributed by atoms with E-state index in [2.05, 4.69) is 18.1 Å². The summed E-state index contributed by atoms with van der Waals surface area (Å²) in [5, 5.41) is 9.10. The minimum absolute atomic E-state index is 0.810. The van der Waals surface area contributed by atoms with Gasteiger partial charge in [0.2, 0.25) is 0 Å². The van der Waals surface area contributed by atoms with E-state index in [1.165, 1.54) is 0 Å². The molecule has 2 aromatic carbocycles. The second-order valence-electron chi connectivity index (χ2n) is 6.73. The van der Waals surface area contributed by atoms with Gasteiger partial charge in [-0.15, -0.1) is 0 Å². The van der Waals surface area contributed by atoms with Crippen LogP contribution in [0.1, 0.15) is 0 Å². The van der Waals surface area contributed by atoms with E-state index >= 15 is 0 Å².